The monoisotopic (exact) mass is 263 g/mol. The average molecular weight is 263 g/mol. The molecule has 0 bridgehead atoms. The molecule has 1 aromatic carbocycles. The molecule has 1 rings (SSSR count). The van der Waals surface area contributed by atoms with Crippen LogP contribution in [0.5, 0.6) is 0 Å². The Kier molecular flexibility index (Phi) is 4.35. The van der Waals surface area contributed by atoms with Crippen molar-refractivity contribution in [1.82, 2.24) is 0 Å². The summed E-state index contributed by atoms with van der Waals surface area (Å²) in [6.07, 6.45) is 0. The first kappa shape index (κ1) is 15.2. The van der Waals surface area contributed by atoms with E-state index in [9.17, 15) is 9.59 Å². The summed E-state index contributed by atoms with van der Waals surface area (Å²) < 4.78 is 5.08. The molecule has 0 N–H and O–H groups in total. The van der Waals surface area contributed by atoms with Crippen molar-refractivity contribution < 1.29 is 14.3 Å². The second-order valence-corrected chi connectivity index (χ2v) is 5.66. The lowest BCUT2D eigenvalue weighted by Crippen LogP contribution is -2.38. The van der Waals surface area contributed by atoms with Crippen molar-refractivity contribution in [2.24, 2.45) is 0 Å². The van der Waals surface area contributed by atoms with E-state index in [1.165, 1.54) is 4.90 Å². The third-order valence-electron chi connectivity index (χ3n) is 2.60. The Morgan fingerprint density at radius 2 is 1.74 bits per heavy atom. The molecule has 0 aliphatic carbocycles. The zero-order chi connectivity index (χ0) is 14.8. The molecular formula is C15H21NO3. The highest BCUT2D eigenvalue weighted by molar-refractivity contribution is 6.38. The number of esters is 1. The van der Waals surface area contributed by atoms with Crippen LogP contribution in [0, 0.1) is 13.8 Å². The van der Waals surface area contributed by atoms with Gasteiger partial charge in [0.25, 0.3) is 0 Å². The highest BCUT2D eigenvalue weighted by atomic mass is 16.6. The zero-order valence-electron chi connectivity index (χ0n) is 12.4. The van der Waals surface area contributed by atoms with Crippen molar-refractivity contribution in [3.63, 3.8) is 0 Å². The smallest absolute Gasteiger partial charge is 0.397 e. The summed E-state index contributed by atoms with van der Waals surface area (Å²) in [4.78, 5) is 25.1. The van der Waals surface area contributed by atoms with Gasteiger partial charge >= 0.3 is 11.9 Å². The Morgan fingerprint density at radius 1 is 1.16 bits per heavy atom. The first-order valence-electron chi connectivity index (χ1n) is 6.20. The molecule has 0 aliphatic heterocycles. The summed E-state index contributed by atoms with van der Waals surface area (Å²) in [5.74, 6) is -1.50. The molecule has 0 saturated heterocycles. The molecule has 0 atom stereocenters. The quantitative estimate of drug-likeness (QED) is 0.578. The van der Waals surface area contributed by atoms with E-state index in [0.29, 0.717) is 0 Å². The Hall–Kier alpha value is -1.84. The lowest BCUT2D eigenvalue weighted by Gasteiger charge is -2.23. The second kappa shape index (κ2) is 5.43. The fourth-order valence-electron chi connectivity index (χ4n) is 1.65. The van der Waals surface area contributed by atoms with E-state index in [1.54, 1.807) is 27.8 Å². The number of hydrogen-bond donors (Lipinski definition) is 0. The van der Waals surface area contributed by atoms with Gasteiger partial charge in [-0.05, 0) is 51.8 Å². The predicted octanol–water partition coefficient (Wildman–Crippen LogP) is 2.61. The molecule has 0 spiro atoms. The van der Waals surface area contributed by atoms with Crippen molar-refractivity contribution in [3.05, 3.63) is 29.3 Å². The third-order valence-corrected chi connectivity index (χ3v) is 2.60. The van der Waals surface area contributed by atoms with Crippen LogP contribution in [0.15, 0.2) is 18.2 Å². The molecule has 4 nitrogen and oxygen atoms in total. The average Bonchev–Trinajstić information content (AvgIpc) is 2.28. The minimum Gasteiger partial charge on any atom is -0.453 e. The largest absolute Gasteiger partial charge is 0.453 e. The van der Waals surface area contributed by atoms with E-state index < -0.39 is 17.5 Å². The standard InChI is InChI=1S/C15H21NO3/c1-10-7-8-11(2)12(9-10)16(6)13(17)14(18)19-15(3,4)5/h7-9H,1-6H3. The molecule has 0 saturated carbocycles. The minimum atomic E-state index is -0.837. The number of benzene rings is 1. The van der Waals surface area contributed by atoms with Gasteiger partial charge in [0.2, 0.25) is 0 Å². The molecular weight excluding hydrogens is 242 g/mol. The number of nitrogens with zero attached hydrogens (tertiary/aromatic N) is 1. The van der Waals surface area contributed by atoms with Crippen LogP contribution in [0.3, 0.4) is 0 Å². The van der Waals surface area contributed by atoms with Crippen molar-refractivity contribution in [2.75, 3.05) is 11.9 Å². The molecule has 0 radical (unpaired) electrons. The number of ether oxygens (including phenoxy) is 1. The van der Waals surface area contributed by atoms with E-state index >= 15 is 0 Å². The number of amides is 1. The van der Waals surface area contributed by atoms with Crippen LogP contribution in [0.25, 0.3) is 0 Å². The van der Waals surface area contributed by atoms with Crippen molar-refractivity contribution >= 4 is 17.6 Å². The van der Waals surface area contributed by atoms with Crippen LogP contribution in [-0.2, 0) is 14.3 Å². The second-order valence-electron chi connectivity index (χ2n) is 5.66. The van der Waals surface area contributed by atoms with Crippen molar-refractivity contribution in [3.8, 4) is 0 Å². The summed E-state index contributed by atoms with van der Waals surface area (Å²) in [5, 5.41) is 0. The number of rotatable bonds is 1. The van der Waals surface area contributed by atoms with Crippen LogP contribution in [0.1, 0.15) is 31.9 Å². The summed E-state index contributed by atoms with van der Waals surface area (Å²) in [6.45, 7) is 9.03. The summed E-state index contributed by atoms with van der Waals surface area (Å²) in [6, 6.07) is 5.76. The van der Waals surface area contributed by atoms with Gasteiger partial charge in [-0.2, -0.15) is 0 Å². The molecule has 1 amide bonds. The van der Waals surface area contributed by atoms with Crippen molar-refractivity contribution in [2.45, 2.75) is 40.2 Å². The van der Waals surface area contributed by atoms with Gasteiger partial charge in [-0.15, -0.1) is 0 Å². The Bertz CT molecular complexity index is 501. The molecule has 0 aliphatic rings. The first-order chi connectivity index (χ1) is 8.61. The topological polar surface area (TPSA) is 46.6 Å². The van der Waals surface area contributed by atoms with Crippen molar-refractivity contribution in [1.29, 1.82) is 0 Å². The lowest BCUT2D eigenvalue weighted by atomic mass is 10.1. The van der Waals surface area contributed by atoms with E-state index in [0.717, 1.165) is 16.8 Å². The van der Waals surface area contributed by atoms with Gasteiger partial charge in [0.1, 0.15) is 5.60 Å². The normalized spacial score (nSPS) is 11.1. The SMILES string of the molecule is Cc1ccc(C)c(N(C)C(=O)C(=O)OC(C)(C)C)c1. The molecule has 0 fully saturated rings. The number of likely N-dealkylation sites (N-methyl/N-ethyl adjacent to an activating group) is 1. The summed E-state index contributed by atoms with van der Waals surface area (Å²) in [5.41, 5.74) is 2.01. The fraction of sp³-hybridized carbons (Fsp3) is 0.467. The van der Waals surface area contributed by atoms with Crippen LogP contribution < -0.4 is 4.90 Å². The van der Waals surface area contributed by atoms with Crippen LogP contribution in [0.4, 0.5) is 5.69 Å². The van der Waals surface area contributed by atoms with E-state index in [1.807, 2.05) is 32.0 Å². The highest BCUT2D eigenvalue weighted by Gasteiger charge is 2.27. The molecule has 4 heteroatoms. The third kappa shape index (κ3) is 4.09. The number of aryl methyl sites for hydroxylation is 2. The van der Waals surface area contributed by atoms with Crippen LogP contribution in [-0.4, -0.2) is 24.5 Å². The molecule has 0 unspecified atom stereocenters. The maximum Gasteiger partial charge on any atom is 0.397 e. The Morgan fingerprint density at radius 3 is 2.26 bits per heavy atom. The van der Waals surface area contributed by atoms with Gasteiger partial charge in [-0.25, -0.2) is 4.79 Å². The van der Waals surface area contributed by atoms with Gasteiger partial charge in [-0.1, -0.05) is 12.1 Å². The number of carbonyl (C=O) groups is 2. The summed E-state index contributed by atoms with van der Waals surface area (Å²) >= 11 is 0. The molecule has 0 aromatic heterocycles. The van der Waals surface area contributed by atoms with E-state index in [4.69, 9.17) is 4.74 Å². The van der Waals surface area contributed by atoms with Crippen LogP contribution >= 0.6 is 0 Å². The maximum atomic E-state index is 12.0. The molecule has 104 valence electrons. The zero-order valence-corrected chi connectivity index (χ0v) is 12.4. The van der Waals surface area contributed by atoms with Gasteiger partial charge < -0.3 is 9.64 Å². The number of carbonyl (C=O) groups excluding carboxylic acids is 2. The van der Waals surface area contributed by atoms with Gasteiger partial charge in [0.15, 0.2) is 0 Å². The number of anilines is 1. The van der Waals surface area contributed by atoms with E-state index in [-0.39, 0.29) is 0 Å². The first-order valence-corrected chi connectivity index (χ1v) is 6.20. The molecule has 0 heterocycles. The minimum absolute atomic E-state index is 0.663. The Balaban J connectivity index is 2.94. The maximum absolute atomic E-state index is 12.0. The fourth-order valence-corrected chi connectivity index (χ4v) is 1.65. The van der Waals surface area contributed by atoms with Gasteiger partial charge in [0, 0.05) is 12.7 Å². The molecule has 19 heavy (non-hydrogen) atoms. The summed E-state index contributed by atoms with van der Waals surface area (Å²) in [7, 11) is 1.58. The lowest BCUT2D eigenvalue weighted by molar-refractivity contribution is -0.162. The predicted molar refractivity (Wildman–Crippen MR) is 75.2 cm³/mol. The van der Waals surface area contributed by atoms with Crippen LogP contribution in [0.2, 0.25) is 0 Å². The van der Waals surface area contributed by atoms with Gasteiger partial charge in [-0.3, -0.25) is 4.79 Å². The Labute approximate surface area is 114 Å². The number of hydrogen-bond acceptors (Lipinski definition) is 3. The van der Waals surface area contributed by atoms with Gasteiger partial charge in [0.05, 0.1) is 0 Å². The highest BCUT2D eigenvalue weighted by Crippen LogP contribution is 2.21. The molecule has 1 aromatic rings. The van der Waals surface area contributed by atoms with E-state index in [2.05, 4.69) is 0 Å².